The number of alkyl halides is 1. The molecule has 0 atom stereocenters. The lowest BCUT2D eigenvalue weighted by Crippen LogP contribution is -1.81. The minimum absolute atomic E-state index is 0.827. The van der Waals surface area contributed by atoms with E-state index in [1.165, 1.54) is 44.1 Å². The van der Waals surface area contributed by atoms with Gasteiger partial charge in [0.05, 0.1) is 0 Å². The molecule has 92 valence electrons. The first-order valence-corrected chi connectivity index (χ1v) is 6.98. The van der Waals surface area contributed by atoms with Crippen molar-refractivity contribution in [3.63, 3.8) is 0 Å². The SMILES string of the molecule is CCCCCCl.CCCCc1ccccc1. The summed E-state index contributed by atoms with van der Waals surface area (Å²) in [5.74, 6) is 0.827. The Bertz CT molecular complexity index is 214. The van der Waals surface area contributed by atoms with Crippen LogP contribution < -0.4 is 0 Å². The van der Waals surface area contributed by atoms with Crippen LogP contribution in [0.4, 0.5) is 0 Å². The lowest BCUT2D eigenvalue weighted by molar-refractivity contribution is 0.776. The Labute approximate surface area is 106 Å². The molecule has 0 aliphatic carbocycles. The highest BCUT2D eigenvalue weighted by molar-refractivity contribution is 6.17. The molecule has 0 radical (unpaired) electrons. The molecule has 0 saturated heterocycles. The van der Waals surface area contributed by atoms with Gasteiger partial charge in [-0.25, -0.2) is 0 Å². The summed E-state index contributed by atoms with van der Waals surface area (Å²) in [6, 6.07) is 10.6. The Morgan fingerprint density at radius 3 is 1.94 bits per heavy atom. The highest BCUT2D eigenvalue weighted by Gasteiger charge is 1.87. The Balaban J connectivity index is 0.000000325. The van der Waals surface area contributed by atoms with Crippen LogP contribution in [0.3, 0.4) is 0 Å². The number of hydrogen-bond donors (Lipinski definition) is 0. The maximum absolute atomic E-state index is 5.38. The number of benzene rings is 1. The van der Waals surface area contributed by atoms with Gasteiger partial charge in [0.2, 0.25) is 0 Å². The number of aryl methyl sites for hydroxylation is 1. The molecule has 0 aliphatic heterocycles. The van der Waals surface area contributed by atoms with E-state index in [1.807, 2.05) is 0 Å². The molecule has 0 spiro atoms. The first-order chi connectivity index (χ1) is 7.85. The maximum Gasteiger partial charge on any atom is 0.0223 e. The molecule has 1 aromatic rings. The predicted molar refractivity (Wildman–Crippen MR) is 75.3 cm³/mol. The summed E-state index contributed by atoms with van der Waals surface area (Å²) < 4.78 is 0. The van der Waals surface area contributed by atoms with Gasteiger partial charge in [-0.3, -0.25) is 0 Å². The third kappa shape index (κ3) is 10.0. The van der Waals surface area contributed by atoms with Crippen molar-refractivity contribution < 1.29 is 0 Å². The van der Waals surface area contributed by atoms with Gasteiger partial charge in [0, 0.05) is 5.88 Å². The summed E-state index contributed by atoms with van der Waals surface area (Å²) in [5, 5.41) is 0. The van der Waals surface area contributed by atoms with Crippen molar-refractivity contribution in [2.75, 3.05) is 5.88 Å². The third-order valence-corrected chi connectivity index (χ3v) is 2.67. The lowest BCUT2D eigenvalue weighted by Gasteiger charge is -1.96. The molecule has 0 heterocycles. The zero-order chi connectivity index (χ0) is 12.1. The van der Waals surface area contributed by atoms with E-state index in [0.29, 0.717) is 0 Å². The quantitative estimate of drug-likeness (QED) is 0.459. The molecule has 1 heteroatoms. The summed E-state index contributed by atoms with van der Waals surface area (Å²) in [7, 11) is 0. The van der Waals surface area contributed by atoms with E-state index in [9.17, 15) is 0 Å². The second-order valence-electron chi connectivity index (χ2n) is 3.99. The van der Waals surface area contributed by atoms with Crippen molar-refractivity contribution in [2.24, 2.45) is 0 Å². The molecule has 1 aromatic carbocycles. The van der Waals surface area contributed by atoms with Crippen molar-refractivity contribution in [2.45, 2.75) is 52.4 Å². The predicted octanol–water partition coefficient (Wildman–Crippen LogP) is 5.44. The van der Waals surface area contributed by atoms with Crippen molar-refractivity contribution >= 4 is 11.6 Å². The topological polar surface area (TPSA) is 0 Å². The summed E-state index contributed by atoms with van der Waals surface area (Å²) in [5.41, 5.74) is 1.46. The van der Waals surface area contributed by atoms with Crippen molar-refractivity contribution in [1.29, 1.82) is 0 Å². The monoisotopic (exact) mass is 240 g/mol. The van der Waals surface area contributed by atoms with Crippen LogP contribution in [0, 0.1) is 0 Å². The normalized spacial score (nSPS) is 9.44. The molecule has 0 saturated carbocycles. The molecule has 0 amide bonds. The number of unbranched alkanes of at least 4 members (excludes halogenated alkanes) is 3. The molecule has 0 nitrogen and oxygen atoms in total. The largest absolute Gasteiger partial charge is 0.127 e. The molecule has 0 bridgehead atoms. The van der Waals surface area contributed by atoms with Crippen LogP contribution in [0.1, 0.15) is 51.5 Å². The molecule has 1 rings (SSSR count). The minimum atomic E-state index is 0.827. The highest BCUT2D eigenvalue weighted by Crippen LogP contribution is 2.03. The lowest BCUT2D eigenvalue weighted by atomic mass is 10.1. The fourth-order valence-corrected chi connectivity index (χ4v) is 1.56. The first-order valence-electron chi connectivity index (χ1n) is 6.45. The standard InChI is InChI=1S/C10H14.C5H11Cl/c1-2-3-7-10-8-5-4-6-9-10;1-2-3-4-5-6/h4-6,8-9H,2-3,7H2,1H3;2-5H2,1H3. The zero-order valence-electron chi connectivity index (χ0n) is 10.7. The van der Waals surface area contributed by atoms with E-state index in [4.69, 9.17) is 11.6 Å². The number of rotatable bonds is 6. The molecule has 0 fully saturated rings. The summed E-state index contributed by atoms with van der Waals surface area (Å²) in [6.45, 7) is 4.40. The van der Waals surface area contributed by atoms with Crippen LogP contribution in [-0.2, 0) is 6.42 Å². The second kappa shape index (κ2) is 12.6. The second-order valence-corrected chi connectivity index (χ2v) is 4.36. The van der Waals surface area contributed by atoms with Crippen molar-refractivity contribution in [3.8, 4) is 0 Å². The van der Waals surface area contributed by atoms with Crippen LogP contribution in [0.2, 0.25) is 0 Å². The smallest absolute Gasteiger partial charge is 0.0223 e. The number of hydrogen-bond acceptors (Lipinski definition) is 0. The van der Waals surface area contributed by atoms with Crippen molar-refractivity contribution in [1.82, 2.24) is 0 Å². The zero-order valence-corrected chi connectivity index (χ0v) is 11.5. The molecule has 0 aliphatic rings. The Morgan fingerprint density at radius 1 is 0.875 bits per heavy atom. The Morgan fingerprint density at radius 2 is 1.50 bits per heavy atom. The maximum atomic E-state index is 5.38. The van der Waals surface area contributed by atoms with Crippen LogP contribution in [-0.4, -0.2) is 5.88 Å². The van der Waals surface area contributed by atoms with Crippen molar-refractivity contribution in [3.05, 3.63) is 35.9 Å². The van der Waals surface area contributed by atoms with Gasteiger partial charge in [-0.2, -0.15) is 0 Å². The number of halogens is 1. The van der Waals surface area contributed by atoms with E-state index in [1.54, 1.807) is 0 Å². The van der Waals surface area contributed by atoms with Gasteiger partial charge in [-0.1, -0.05) is 63.4 Å². The van der Waals surface area contributed by atoms with Crippen LogP contribution >= 0.6 is 11.6 Å². The van der Waals surface area contributed by atoms with Gasteiger partial charge in [-0.15, -0.1) is 11.6 Å². The molecular formula is C15H25Cl. The Hall–Kier alpha value is -0.490. The summed E-state index contributed by atoms with van der Waals surface area (Å²) >= 11 is 5.38. The average molecular weight is 241 g/mol. The van der Waals surface area contributed by atoms with E-state index in [-0.39, 0.29) is 0 Å². The highest BCUT2D eigenvalue weighted by atomic mass is 35.5. The van der Waals surface area contributed by atoms with E-state index < -0.39 is 0 Å². The molecule has 0 unspecified atom stereocenters. The van der Waals surface area contributed by atoms with Gasteiger partial charge in [0.1, 0.15) is 0 Å². The van der Waals surface area contributed by atoms with Gasteiger partial charge < -0.3 is 0 Å². The molecule has 16 heavy (non-hydrogen) atoms. The van der Waals surface area contributed by atoms with Crippen LogP contribution in [0.25, 0.3) is 0 Å². The van der Waals surface area contributed by atoms with Gasteiger partial charge in [-0.05, 0) is 24.8 Å². The van der Waals surface area contributed by atoms with E-state index in [0.717, 1.165) is 5.88 Å². The Kier molecular flexibility index (Phi) is 12.2. The molecule has 0 aromatic heterocycles. The average Bonchev–Trinajstić information content (AvgIpc) is 2.36. The summed E-state index contributed by atoms with van der Waals surface area (Å²) in [6.07, 6.45) is 7.56. The minimum Gasteiger partial charge on any atom is -0.127 e. The first kappa shape index (κ1) is 15.5. The molecule has 0 N–H and O–H groups in total. The molecular weight excluding hydrogens is 216 g/mol. The van der Waals surface area contributed by atoms with Crippen LogP contribution in [0.5, 0.6) is 0 Å². The van der Waals surface area contributed by atoms with E-state index >= 15 is 0 Å². The fourth-order valence-electron chi connectivity index (χ4n) is 1.37. The van der Waals surface area contributed by atoms with Crippen LogP contribution in [0.15, 0.2) is 30.3 Å². The van der Waals surface area contributed by atoms with E-state index in [2.05, 4.69) is 44.2 Å². The summed E-state index contributed by atoms with van der Waals surface area (Å²) in [4.78, 5) is 0. The van der Waals surface area contributed by atoms with Gasteiger partial charge in [0.25, 0.3) is 0 Å². The fraction of sp³-hybridized carbons (Fsp3) is 0.600. The third-order valence-electron chi connectivity index (χ3n) is 2.40. The van der Waals surface area contributed by atoms with Gasteiger partial charge in [0.15, 0.2) is 0 Å². The van der Waals surface area contributed by atoms with Gasteiger partial charge >= 0.3 is 0 Å².